The summed E-state index contributed by atoms with van der Waals surface area (Å²) in [6, 6.07) is 1.19. The molecule has 0 radical (unpaired) electrons. The Balaban J connectivity index is 2.09. The third-order valence-electron chi connectivity index (χ3n) is 4.94. The molecule has 3 aliphatic rings. The summed E-state index contributed by atoms with van der Waals surface area (Å²) in [5.41, 5.74) is 0.628. The van der Waals surface area contributed by atoms with Crippen molar-refractivity contribution in [3.8, 4) is 0 Å². The molecular weight excluding hydrogens is 174 g/mol. The normalized spacial score (nSPS) is 49.6. The molecule has 3 heteroatoms. The highest BCUT2D eigenvalue weighted by Crippen LogP contribution is 2.58. The highest BCUT2D eigenvalue weighted by atomic mass is 15.4. The molecule has 3 atom stereocenters. The van der Waals surface area contributed by atoms with Crippen molar-refractivity contribution in [1.29, 1.82) is 0 Å². The van der Waals surface area contributed by atoms with E-state index >= 15 is 0 Å². The predicted molar refractivity (Wildman–Crippen MR) is 55.4 cm³/mol. The van der Waals surface area contributed by atoms with E-state index < -0.39 is 0 Å². The summed E-state index contributed by atoms with van der Waals surface area (Å²) in [4.78, 5) is 2.56. The van der Waals surface area contributed by atoms with E-state index in [2.05, 4.69) is 36.0 Å². The fourth-order valence-corrected chi connectivity index (χ4v) is 4.06. The number of likely N-dealkylation sites (tertiary alicyclic amines) is 1. The van der Waals surface area contributed by atoms with Gasteiger partial charge < -0.3 is 0 Å². The number of hydrogen-bond donors (Lipinski definition) is 0. The van der Waals surface area contributed by atoms with Crippen LogP contribution in [-0.4, -0.2) is 36.1 Å². The molecule has 3 nitrogen and oxygen atoms in total. The van der Waals surface area contributed by atoms with Crippen molar-refractivity contribution < 1.29 is 0 Å². The van der Waals surface area contributed by atoms with Gasteiger partial charge in [-0.3, -0.25) is 4.90 Å². The minimum Gasteiger partial charge on any atom is -0.295 e. The van der Waals surface area contributed by atoms with Crippen LogP contribution in [0.1, 0.15) is 33.1 Å². The molecule has 1 saturated carbocycles. The topological polar surface area (TPSA) is 28.0 Å². The SMILES string of the molecule is CN1C2CCCC23CN=NC3C1(C)C. The molecule has 0 aromatic heterocycles. The van der Waals surface area contributed by atoms with Gasteiger partial charge in [-0.05, 0) is 33.7 Å². The van der Waals surface area contributed by atoms with Crippen molar-refractivity contribution in [2.45, 2.75) is 50.7 Å². The molecule has 2 heterocycles. The molecule has 1 spiro atoms. The van der Waals surface area contributed by atoms with Crippen molar-refractivity contribution in [2.75, 3.05) is 13.6 Å². The van der Waals surface area contributed by atoms with Crippen molar-refractivity contribution in [1.82, 2.24) is 4.90 Å². The van der Waals surface area contributed by atoms with Crippen LogP contribution in [-0.2, 0) is 0 Å². The summed E-state index contributed by atoms with van der Waals surface area (Å²) >= 11 is 0. The maximum atomic E-state index is 4.52. The van der Waals surface area contributed by atoms with Crippen LogP contribution in [0, 0.1) is 5.41 Å². The minimum absolute atomic E-state index is 0.213. The largest absolute Gasteiger partial charge is 0.295 e. The Labute approximate surface area is 85.6 Å². The van der Waals surface area contributed by atoms with Crippen LogP contribution in [0.25, 0.3) is 0 Å². The Morgan fingerprint density at radius 1 is 1.36 bits per heavy atom. The average molecular weight is 193 g/mol. The molecule has 78 valence electrons. The van der Waals surface area contributed by atoms with Crippen LogP contribution in [0.4, 0.5) is 0 Å². The van der Waals surface area contributed by atoms with Crippen LogP contribution >= 0.6 is 0 Å². The summed E-state index contributed by atoms with van der Waals surface area (Å²) in [5.74, 6) is 0. The van der Waals surface area contributed by atoms with Crippen molar-refractivity contribution in [3.63, 3.8) is 0 Å². The van der Waals surface area contributed by atoms with Crippen LogP contribution in [0.2, 0.25) is 0 Å². The van der Waals surface area contributed by atoms with Crippen LogP contribution in [0.5, 0.6) is 0 Å². The molecule has 1 saturated heterocycles. The van der Waals surface area contributed by atoms with E-state index in [9.17, 15) is 0 Å². The lowest BCUT2D eigenvalue weighted by Gasteiger charge is -2.33. The molecule has 0 aromatic rings. The second-order valence-corrected chi connectivity index (χ2v) is 5.72. The van der Waals surface area contributed by atoms with Crippen molar-refractivity contribution in [2.24, 2.45) is 15.6 Å². The first kappa shape index (κ1) is 8.84. The van der Waals surface area contributed by atoms with Crippen LogP contribution < -0.4 is 0 Å². The Kier molecular flexibility index (Phi) is 1.50. The van der Waals surface area contributed by atoms with Gasteiger partial charge in [-0.15, -0.1) is 0 Å². The van der Waals surface area contributed by atoms with Crippen molar-refractivity contribution >= 4 is 0 Å². The molecular formula is C11H19N3. The molecule has 0 bridgehead atoms. The molecule has 0 aromatic carbocycles. The van der Waals surface area contributed by atoms with Gasteiger partial charge in [0.1, 0.15) is 0 Å². The number of azo groups is 1. The van der Waals surface area contributed by atoms with Gasteiger partial charge in [-0.2, -0.15) is 10.2 Å². The highest BCUT2D eigenvalue weighted by molar-refractivity contribution is 5.20. The lowest BCUT2D eigenvalue weighted by atomic mass is 9.75. The molecule has 0 N–H and O–H groups in total. The zero-order valence-electron chi connectivity index (χ0n) is 9.32. The summed E-state index contributed by atoms with van der Waals surface area (Å²) in [6.07, 6.45) is 4.05. The first-order valence-corrected chi connectivity index (χ1v) is 5.68. The zero-order valence-corrected chi connectivity index (χ0v) is 9.32. The molecule has 2 aliphatic heterocycles. The Morgan fingerprint density at radius 3 is 2.93 bits per heavy atom. The molecule has 2 fully saturated rings. The maximum Gasteiger partial charge on any atom is 0.0975 e. The summed E-state index contributed by atoms with van der Waals surface area (Å²) < 4.78 is 0. The number of nitrogens with zero attached hydrogens (tertiary/aromatic N) is 3. The van der Waals surface area contributed by atoms with Gasteiger partial charge in [-0.25, -0.2) is 0 Å². The Morgan fingerprint density at radius 2 is 2.14 bits per heavy atom. The summed E-state index contributed by atoms with van der Waals surface area (Å²) in [5, 5.41) is 8.85. The molecule has 3 unspecified atom stereocenters. The standard InChI is InChI=1S/C11H19N3/c1-10(2)9-11(7-12-13-9)6-4-5-8(11)14(10)3/h8-9H,4-7H2,1-3H3. The van der Waals surface area contributed by atoms with E-state index in [1.54, 1.807) is 0 Å². The minimum atomic E-state index is 0.213. The maximum absolute atomic E-state index is 4.52. The quantitative estimate of drug-likeness (QED) is 0.579. The summed E-state index contributed by atoms with van der Waals surface area (Å²) in [7, 11) is 2.27. The third kappa shape index (κ3) is 0.746. The van der Waals surface area contributed by atoms with Gasteiger partial charge in [-0.1, -0.05) is 6.42 Å². The molecule has 0 amide bonds. The molecule has 1 aliphatic carbocycles. The second kappa shape index (κ2) is 2.38. The monoisotopic (exact) mass is 193 g/mol. The number of likely N-dealkylation sites (N-methyl/N-ethyl adjacent to an activating group) is 1. The first-order valence-electron chi connectivity index (χ1n) is 5.68. The van der Waals surface area contributed by atoms with Gasteiger partial charge in [0.15, 0.2) is 0 Å². The summed E-state index contributed by atoms with van der Waals surface area (Å²) in [6.45, 7) is 5.63. The van der Waals surface area contributed by atoms with E-state index in [1.165, 1.54) is 19.3 Å². The van der Waals surface area contributed by atoms with E-state index in [4.69, 9.17) is 0 Å². The molecule has 14 heavy (non-hydrogen) atoms. The van der Waals surface area contributed by atoms with Crippen molar-refractivity contribution in [3.05, 3.63) is 0 Å². The van der Waals surface area contributed by atoms with Crippen LogP contribution in [0.3, 0.4) is 0 Å². The third-order valence-corrected chi connectivity index (χ3v) is 4.94. The van der Waals surface area contributed by atoms with Crippen LogP contribution in [0.15, 0.2) is 10.2 Å². The Hall–Kier alpha value is -0.440. The van der Waals surface area contributed by atoms with E-state index in [1.807, 2.05) is 0 Å². The van der Waals surface area contributed by atoms with E-state index in [0.717, 1.165) is 12.6 Å². The highest BCUT2D eigenvalue weighted by Gasteiger charge is 2.65. The van der Waals surface area contributed by atoms with Gasteiger partial charge in [0.2, 0.25) is 0 Å². The molecule has 3 rings (SSSR count). The number of hydrogen-bond acceptors (Lipinski definition) is 3. The zero-order chi connectivity index (χ0) is 9.97. The van der Waals surface area contributed by atoms with Gasteiger partial charge in [0, 0.05) is 17.0 Å². The fraction of sp³-hybridized carbons (Fsp3) is 1.00. The smallest absolute Gasteiger partial charge is 0.0975 e. The average Bonchev–Trinajstić information content (AvgIpc) is 2.75. The second-order valence-electron chi connectivity index (χ2n) is 5.72. The lowest BCUT2D eigenvalue weighted by molar-refractivity contribution is 0.150. The first-order chi connectivity index (χ1) is 6.59. The van der Waals surface area contributed by atoms with E-state index in [-0.39, 0.29) is 5.54 Å². The Bertz CT molecular complexity index is 297. The number of rotatable bonds is 0. The lowest BCUT2D eigenvalue weighted by Crippen LogP contribution is -2.44. The van der Waals surface area contributed by atoms with E-state index in [0.29, 0.717) is 11.5 Å². The van der Waals surface area contributed by atoms with Gasteiger partial charge in [0.25, 0.3) is 0 Å². The fourth-order valence-electron chi connectivity index (χ4n) is 4.06. The predicted octanol–water partition coefficient (Wildman–Crippen LogP) is 2.08. The van der Waals surface area contributed by atoms with Gasteiger partial charge in [0.05, 0.1) is 12.6 Å². The van der Waals surface area contributed by atoms with Gasteiger partial charge >= 0.3 is 0 Å².